The van der Waals surface area contributed by atoms with Crippen molar-refractivity contribution in [2.24, 2.45) is 5.10 Å². The predicted molar refractivity (Wildman–Crippen MR) is 76.9 cm³/mol. The Kier molecular flexibility index (Phi) is 4.31. The summed E-state index contributed by atoms with van der Waals surface area (Å²) in [5.41, 5.74) is 0.845. The Balaban J connectivity index is 2.31. The molecule has 0 saturated carbocycles. The molecular weight excluding hydrogens is 326 g/mol. The third-order valence-corrected chi connectivity index (χ3v) is 3.57. The van der Waals surface area contributed by atoms with E-state index in [0.29, 0.717) is 4.42 Å². The molecule has 1 aliphatic heterocycles. The van der Waals surface area contributed by atoms with Crippen LogP contribution in [-0.2, 0) is 6.42 Å². The zero-order valence-corrected chi connectivity index (χ0v) is 12.9. The molecule has 0 saturated heterocycles. The zero-order valence-electron chi connectivity index (χ0n) is 11.4. The minimum atomic E-state index is -4.63. The van der Waals surface area contributed by atoms with Gasteiger partial charge in [0.2, 0.25) is 5.84 Å². The maximum absolute atomic E-state index is 13.0. The molecule has 0 fully saturated rings. The van der Waals surface area contributed by atoms with Crippen molar-refractivity contribution in [1.82, 2.24) is 9.43 Å². The van der Waals surface area contributed by atoms with E-state index in [1.165, 1.54) is 5.01 Å². The SMILES string of the molecule is CC(C)(Cl)N1N=C(C(F)(F)F)N(Cl)C1Cc1ccccc1. The van der Waals surface area contributed by atoms with E-state index in [1.54, 1.807) is 13.8 Å². The van der Waals surface area contributed by atoms with Crippen LogP contribution < -0.4 is 0 Å². The van der Waals surface area contributed by atoms with Crippen molar-refractivity contribution < 1.29 is 13.2 Å². The highest BCUT2D eigenvalue weighted by Crippen LogP contribution is 2.36. The average molecular weight is 340 g/mol. The lowest BCUT2D eigenvalue weighted by atomic mass is 10.1. The van der Waals surface area contributed by atoms with Gasteiger partial charge in [-0.2, -0.15) is 13.2 Å². The number of alkyl halides is 4. The van der Waals surface area contributed by atoms with Crippen LogP contribution in [0.2, 0.25) is 0 Å². The number of hydrogen-bond acceptors (Lipinski definition) is 3. The molecular formula is C13H14Cl2F3N3. The number of hydrazone groups is 1. The zero-order chi connectivity index (χ0) is 15.8. The van der Waals surface area contributed by atoms with Gasteiger partial charge >= 0.3 is 6.18 Å². The molecule has 2 rings (SSSR count). The fourth-order valence-electron chi connectivity index (χ4n) is 2.09. The fourth-order valence-corrected chi connectivity index (χ4v) is 2.52. The van der Waals surface area contributed by atoms with Crippen LogP contribution in [0.4, 0.5) is 13.2 Å². The predicted octanol–water partition coefficient (Wildman–Crippen LogP) is 4.18. The van der Waals surface area contributed by atoms with Crippen LogP contribution in [-0.4, -0.2) is 32.6 Å². The summed E-state index contributed by atoms with van der Waals surface area (Å²) in [7, 11) is 0. The molecule has 0 bridgehead atoms. The highest BCUT2D eigenvalue weighted by molar-refractivity contribution is 6.25. The quantitative estimate of drug-likeness (QED) is 0.467. The Morgan fingerprint density at radius 1 is 1.19 bits per heavy atom. The molecule has 0 aliphatic carbocycles. The van der Waals surface area contributed by atoms with E-state index in [-0.39, 0.29) is 6.42 Å². The van der Waals surface area contributed by atoms with Gasteiger partial charge in [0.1, 0.15) is 11.2 Å². The Labute approximate surface area is 131 Å². The van der Waals surface area contributed by atoms with Crippen LogP contribution >= 0.6 is 23.4 Å². The fraction of sp³-hybridized carbons (Fsp3) is 0.462. The van der Waals surface area contributed by atoms with Gasteiger partial charge in [0.15, 0.2) is 0 Å². The summed E-state index contributed by atoms with van der Waals surface area (Å²) in [6.45, 7) is 3.14. The van der Waals surface area contributed by atoms with Crippen molar-refractivity contribution >= 4 is 29.2 Å². The van der Waals surface area contributed by atoms with Gasteiger partial charge < -0.3 is 0 Å². The smallest absolute Gasteiger partial charge is 0.250 e. The van der Waals surface area contributed by atoms with Crippen molar-refractivity contribution in [3.8, 4) is 0 Å². The summed E-state index contributed by atoms with van der Waals surface area (Å²) in [4.78, 5) is -1.10. The molecule has 21 heavy (non-hydrogen) atoms. The molecule has 0 amide bonds. The summed E-state index contributed by atoms with van der Waals surface area (Å²) < 4.78 is 39.5. The minimum Gasteiger partial charge on any atom is -0.250 e. The van der Waals surface area contributed by atoms with Gasteiger partial charge in [-0.3, -0.25) is 5.01 Å². The number of nitrogens with zero attached hydrogens (tertiary/aromatic N) is 3. The van der Waals surface area contributed by atoms with Gasteiger partial charge in [0.05, 0.1) is 0 Å². The lowest BCUT2D eigenvalue weighted by molar-refractivity contribution is -0.0650. The molecule has 0 N–H and O–H groups in total. The molecule has 1 aromatic carbocycles. The van der Waals surface area contributed by atoms with Crippen molar-refractivity contribution in [1.29, 1.82) is 0 Å². The minimum absolute atomic E-state index is 0.267. The topological polar surface area (TPSA) is 18.8 Å². The largest absolute Gasteiger partial charge is 0.452 e. The normalized spacial score (nSPS) is 20.0. The van der Waals surface area contributed by atoms with Crippen LogP contribution in [0.5, 0.6) is 0 Å². The molecule has 1 atom stereocenters. The first kappa shape index (κ1) is 16.2. The van der Waals surface area contributed by atoms with Gasteiger partial charge in [-0.25, -0.2) is 4.42 Å². The van der Waals surface area contributed by atoms with Gasteiger partial charge in [-0.05, 0) is 19.4 Å². The Morgan fingerprint density at radius 3 is 2.24 bits per heavy atom. The number of rotatable bonds is 3. The van der Waals surface area contributed by atoms with E-state index in [2.05, 4.69) is 5.10 Å². The summed E-state index contributed by atoms with van der Waals surface area (Å²) in [5.74, 6) is -1.15. The summed E-state index contributed by atoms with van der Waals surface area (Å²) >= 11 is 12.0. The second kappa shape index (κ2) is 5.57. The molecule has 1 aliphatic rings. The third-order valence-electron chi connectivity index (χ3n) is 3.01. The van der Waals surface area contributed by atoms with Crippen molar-refractivity contribution in [2.75, 3.05) is 0 Å². The van der Waals surface area contributed by atoms with E-state index in [9.17, 15) is 13.2 Å². The molecule has 0 aromatic heterocycles. The van der Waals surface area contributed by atoms with Crippen molar-refractivity contribution in [3.63, 3.8) is 0 Å². The van der Waals surface area contributed by atoms with Gasteiger partial charge in [0.25, 0.3) is 0 Å². The standard InChI is InChI=1S/C13H14Cl2F3N3/c1-12(2,14)21-10(8-9-6-4-3-5-7-9)20(15)11(19-21)13(16,17)18/h3-7,10H,8H2,1-2H3. The molecule has 0 radical (unpaired) electrons. The van der Waals surface area contributed by atoms with E-state index in [1.807, 2.05) is 30.3 Å². The molecule has 8 heteroatoms. The average Bonchev–Trinajstić information content (AvgIpc) is 2.68. The monoisotopic (exact) mass is 339 g/mol. The van der Waals surface area contributed by atoms with E-state index in [0.717, 1.165) is 5.56 Å². The summed E-state index contributed by atoms with van der Waals surface area (Å²) in [5, 5.41) is 4.75. The Morgan fingerprint density at radius 2 is 1.76 bits per heavy atom. The Hall–Kier alpha value is -1.14. The highest BCUT2D eigenvalue weighted by atomic mass is 35.5. The molecule has 116 valence electrons. The maximum atomic E-state index is 13.0. The van der Waals surface area contributed by atoms with Crippen LogP contribution in [0.25, 0.3) is 0 Å². The van der Waals surface area contributed by atoms with Gasteiger partial charge in [-0.1, -0.05) is 41.9 Å². The number of halogens is 5. The maximum Gasteiger partial charge on any atom is 0.452 e. The first-order valence-corrected chi connectivity index (χ1v) is 6.95. The third kappa shape index (κ3) is 3.55. The highest BCUT2D eigenvalue weighted by Gasteiger charge is 2.50. The van der Waals surface area contributed by atoms with Gasteiger partial charge in [0, 0.05) is 18.2 Å². The van der Waals surface area contributed by atoms with E-state index < -0.39 is 23.2 Å². The summed E-state index contributed by atoms with van der Waals surface area (Å²) in [6, 6.07) is 9.08. The van der Waals surface area contributed by atoms with Crippen LogP contribution in [0.1, 0.15) is 19.4 Å². The molecule has 1 aromatic rings. The number of amidine groups is 1. The van der Waals surface area contributed by atoms with Crippen LogP contribution in [0.15, 0.2) is 35.4 Å². The number of hydrogen-bond donors (Lipinski definition) is 0. The summed E-state index contributed by atoms with van der Waals surface area (Å²) in [6.07, 6.45) is -5.17. The molecule has 1 unspecified atom stereocenters. The van der Waals surface area contributed by atoms with E-state index >= 15 is 0 Å². The lowest BCUT2D eigenvalue weighted by Crippen LogP contribution is -2.47. The van der Waals surface area contributed by atoms with Crippen molar-refractivity contribution in [3.05, 3.63) is 35.9 Å². The lowest BCUT2D eigenvalue weighted by Gasteiger charge is -2.34. The van der Waals surface area contributed by atoms with Crippen LogP contribution in [0.3, 0.4) is 0 Å². The molecule has 1 heterocycles. The van der Waals surface area contributed by atoms with Gasteiger partial charge in [-0.15, -0.1) is 5.10 Å². The van der Waals surface area contributed by atoms with E-state index in [4.69, 9.17) is 23.4 Å². The number of benzene rings is 1. The van der Waals surface area contributed by atoms with Crippen LogP contribution in [0, 0.1) is 0 Å². The second-order valence-electron chi connectivity index (χ2n) is 5.16. The van der Waals surface area contributed by atoms with Crippen molar-refractivity contribution in [2.45, 2.75) is 37.6 Å². The Bertz CT molecular complexity index is 526. The second-order valence-corrected chi connectivity index (χ2v) is 6.45. The first-order valence-electron chi connectivity index (χ1n) is 6.23. The molecule has 0 spiro atoms. The first-order chi connectivity index (χ1) is 9.60. The molecule has 3 nitrogen and oxygen atoms in total.